The Kier molecular flexibility index (Phi) is 2.29. The molecule has 5 heteroatoms. The number of rotatable bonds is 2. The number of halogens is 1. The minimum Gasteiger partial charge on any atom is -0.293 e. The van der Waals surface area contributed by atoms with Crippen molar-refractivity contribution in [1.29, 1.82) is 0 Å². The first-order valence-corrected chi connectivity index (χ1v) is 4.36. The molecule has 1 aromatic heterocycles. The highest BCUT2D eigenvalue weighted by atomic mass is 19.1. The average Bonchev–Trinajstić information content (AvgIpc) is 2.68. The van der Waals surface area contributed by atoms with Crippen molar-refractivity contribution in [2.45, 2.75) is 6.92 Å². The van der Waals surface area contributed by atoms with E-state index in [0.717, 1.165) is 0 Å². The number of carbonyl (C=O) groups excluding carboxylic acids is 1. The monoisotopic (exact) mass is 205 g/mol. The van der Waals surface area contributed by atoms with E-state index < -0.39 is 0 Å². The summed E-state index contributed by atoms with van der Waals surface area (Å²) in [6.45, 7) is 1.42. The number of nitrogens with zero attached hydrogens (tertiary/aromatic N) is 3. The Morgan fingerprint density at radius 1 is 1.33 bits per heavy atom. The summed E-state index contributed by atoms with van der Waals surface area (Å²) in [5, 5.41) is 7.84. The van der Waals surface area contributed by atoms with Gasteiger partial charge in [0.25, 0.3) is 0 Å². The standard InChI is InChI=1S/C10H8FN3O/c1-7(15)10-6-12-14(13-10)9-4-2-8(11)3-5-9/h2-6H,1H3. The van der Waals surface area contributed by atoms with Crippen LogP contribution in [0.4, 0.5) is 4.39 Å². The number of ketones is 1. The summed E-state index contributed by atoms with van der Waals surface area (Å²) in [6, 6.07) is 5.71. The maximum Gasteiger partial charge on any atom is 0.181 e. The molecule has 0 amide bonds. The Morgan fingerprint density at radius 2 is 2.00 bits per heavy atom. The minimum absolute atomic E-state index is 0.150. The van der Waals surface area contributed by atoms with E-state index in [2.05, 4.69) is 10.2 Å². The van der Waals surface area contributed by atoms with Crippen LogP contribution in [0.15, 0.2) is 30.5 Å². The van der Waals surface area contributed by atoms with Gasteiger partial charge in [-0.25, -0.2) is 4.39 Å². The van der Waals surface area contributed by atoms with Gasteiger partial charge in [-0.15, -0.1) is 5.10 Å². The van der Waals surface area contributed by atoms with Crippen LogP contribution in [0.25, 0.3) is 5.69 Å². The van der Waals surface area contributed by atoms with Gasteiger partial charge in [0.15, 0.2) is 5.78 Å². The van der Waals surface area contributed by atoms with Crippen molar-refractivity contribution in [3.8, 4) is 5.69 Å². The van der Waals surface area contributed by atoms with Crippen LogP contribution >= 0.6 is 0 Å². The molecule has 0 atom stereocenters. The SMILES string of the molecule is CC(=O)c1cnn(-c2ccc(F)cc2)n1. The molecule has 0 aliphatic carbocycles. The van der Waals surface area contributed by atoms with Crippen molar-refractivity contribution < 1.29 is 9.18 Å². The predicted molar refractivity (Wildman–Crippen MR) is 51.3 cm³/mol. The molecular formula is C10H8FN3O. The van der Waals surface area contributed by atoms with E-state index >= 15 is 0 Å². The van der Waals surface area contributed by atoms with Crippen molar-refractivity contribution >= 4 is 5.78 Å². The maximum absolute atomic E-state index is 12.6. The number of Topliss-reactive ketones (excluding diaryl/α,β-unsaturated/α-hetero) is 1. The lowest BCUT2D eigenvalue weighted by Crippen LogP contribution is -2.00. The molecule has 0 aliphatic rings. The summed E-state index contributed by atoms with van der Waals surface area (Å²) in [4.78, 5) is 12.3. The second-order valence-electron chi connectivity index (χ2n) is 3.05. The molecule has 0 unspecified atom stereocenters. The first kappa shape index (κ1) is 9.51. The molecule has 76 valence electrons. The van der Waals surface area contributed by atoms with Crippen molar-refractivity contribution in [2.24, 2.45) is 0 Å². The maximum atomic E-state index is 12.6. The smallest absolute Gasteiger partial charge is 0.181 e. The van der Waals surface area contributed by atoms with E-state index in [9.17, 15) is 9.18 Å². The third-order valence-corrected chi connectivity index (χ3v) is 1.91. The van der Waals surface area contributed by atoms with Gasteiger partial charge in [0.2, 0.25) is 0 Å². The van der Waals surface area contributed by atoms with Gasteiger partial charge < -0.3 is 0 Å². The molecule has 15 heavy (non-hydrogen) atoms. The molecule has 2 aromatic rings. The second kappa shape index (κ2) is 3.61. The fourth-order valence-corrected chi connectivity index (χ4v) is 1.12. The van der Waals surface area contributed by atoms with Gasteiger partial charge in [-0.2, -0.15) is 9.90 Å². The lowest BCUT2D eigenvalue weighted by molar-refractivity contribution is 0.101. The van der Waals surface area contributed by atoms with Gasteiger partial charge in [0.1, 0.15) is 11.5 Å². The number of hydrogen-bond donors (Lipinski definition) is 0. The van der Waals surface area contributed by atoms with Crippen LogP contribution in [0.2, 0.25) is 0 Å². The topological polar surface area (TPSA) is 47.8 Å². The predicted octanol–water partition coefficient (Wildman–Crippen LogP) is 1.61. The molecule has 1 heterocycles. The zero-order valence-corrected chi connectivity index (χ0v) is 8.01. The van der Waals surface area contributed by atoms with E-state index in [1.165, 1.54) is 30.0 Å². The van der Waals surface area contributed by atoms with E-state index in [1.807, 2.05) is 0 Å². The average molecular weight is 205 g/mol. The fourth-order valence-electron chi connectivity index (χ4n) is 1.12. The molecule has 0 fully saturated rings. The number of benzene rings is 1. The molecule has 0 aliphatic heterocycles. The lowest BCUT2D eigenvalue weighted by atomic mass is 10.3. The number of carbonyl (C=O) groups is 1. The molecule has 0 saturated heterocycles. The van der Waals surface area contributed by atoms with E-state index in [0.29, 0.717) is 11.4 Å². The second-order valence-corrected chi connectivity index (χ2v) is 3.05. The quantitative estimate of drug-likeness (QED) is 0.700. The van der Waals surface area contributed by atoms with Gasteiger partial charge in [0, 0.05) is 6.92 Å². The number of hydrogen-bond acceptors (Lipinski definition) is 3. The van der Waals surface area contributed by atoms with E-state index in [1.54, 1.807) is 12.1 Å². The first-order chi connectivity index (χ1) is 7.16. The van der Waals surface area contributed by atoms with Crippen LogP contribution in [-0.2, 0) is 0 Å². The van der Waals surface area contributed by atoms with E-state index in [-0.39, 0.29) is 11.6 Å². The Morgan fingerprint density at radius 3 is 2.53 bits per heavy atom. The summed E-state index contributed by atoms with van der Waals surface area (Å²) >= 11 is 0. The fraction of sp³-hybridized carbons (Fsp3) is 0.100. The first-order valence-electron chi connectivity index (χ1n) is 4.36. The highest BCUT2D eigenvalue weighted by Gasteiger charge is 2.06. The zero-order valence-electron chi connectivity index (χ0n) is 8.01. The summed E-state index contributed by atoms with van der Waals surface area (Å²) in [6.07, 6.45) is 1.38. The summed E-state index contributed by atoms with van der Waals surface area (Å²) in [7, 11) is 0. The third kappa shape index (κ3) is 1.90. The Balaban J connectivity index is 2.37. The van der Waals surface area contributed by atoms with E-state index in [4.69, 9.17) is 0 Å². The van der Waals surface area contributed by atoms with Crippen molar-refractivity contribution in [2.75, 3.05) is 0 Å². The van der Waals surface area contributed by atoms with Crippen molar-refractivity contribution in [3.05, 3.63) is 42.0 Å². The normalized spacial score (nSPS) is 10.3. The molecular weight excluding hydrogens is 197 g/mol. The van der Waals surface area contributed by atoms with Crippen molar-refractivity contribution in [1.82, 2.24) is 15.0 Å². The van der Waals surface area contributed by atoms with Crippen LogP contribution < -0.4 is 0 Å². The molecule has 0 N–H and O–H groups in total. The highest BCUT2D eigenvalue weighted by molar-refractivity contribution is 5.91. The van der Waals surface area contributed by atoms with Crippen LogP contribution in [0, 0.1) is 5.82 Å². The Labute approximate surface area is 85.3 Å². The van der Waals surface area contributed by atoms with Gasteiger partial charge in [-0.3, -0.25) is 4.79 Å². The minimum atomic E-state index is -0.322. The molecule has 0 spiro atoms. The van der Waals surface area contributed by atoms with Crippen LogP contribution in [0.5, 0.6) is 0 Å². The van der Waals surface area contributed by atoms with Gasteiger partial charge in [-0.1, -0.05) is 0 Å². The van der Waals surface area contributed by atoms with Gasteiger partial charge in [0.05, 0.1) is 11.9 Å². The largest absolute Gasteiger partial charge is 0.293 e. The molecule has 0 saturated carbocycles. The molecule has 4 nitrogen and oxygen atoms in total. The Hall–Kier alpha value is -2.04. The third-order valence-electron chi connectivity index (χ3n) is 1.91. The summed E-state index contributed by atoms with van der Waals surface area (Å²) < 4.78 is 12.6. The zero-order chi connectivity index (χ0) is 10.8. The molecule has 1 aromatic carbocycles. The van der Waals surface area contributed by atoms with Crippen LogP contribution in [-0.4, -0.2) is 20.8 Å². The summed E-state index contributed by atoms with van der Waals surface area (Å²) in [5.41, 5.74) is 0.906. The van der Waals surface area contributed by atoms with Crippen molar-refractivity contribution in [3.63, 3.8) is 0 Å². The molecule has 0 radical (unpaired) electrons. The van der Waals surface area contributed by atoms with Crippen LogP contribution in [0.3, 0.4) is 0 Å². The van der Waals surface area contributed by atoms with Crippen LogP contribution in [0.1, 0.15) is 17.4 Å². The van der Waals surface area contributed by atoms with Gasteiger partial charge >= 0.3 is 0 Å². The highest BCUT2D eigenvalue weighted by Crippen LogP contribution is 2.06. The molecule has 2 rings (SSSR count). The number of aromatic nitrogens is 3. The summed E-state index contributed by atoms with van der Waals surface area (Å²) in [5.74, 6) is -0.471. The Bertz CT molecular complexity index is 490. The van der Waals surface area contributed by atoms with Gasteiger partial charge in [-0.05, 0) is 24.3 Å². The lowest BCUT2D eigenvalue weighted by Gasteiger charge is -1.97. The molecule has 0 bridgehead atoms.